The minimum Gasteiger partial charge on any atom is -0.351 e. The van der Waals surface area contributed by atoms with Gasteiger partial charge in [0.25, 0.3) is 5.91 Å². The third-order valence-corrected chi connectivity index (χ3v) is 2.34. The van der Waals surface area contributed by atoms with E-state index in [9.17, 15) is 9.18 Å². The molecule has 0 saturated heterocycles. The van der Waals surface area contributed by atoms with E-state index in [0.717, 1.165) is 5.39 Å². The van der Waals surface area contributed by atoms with E-state index in [-0.39, 0.29) is 11.7 Å². The Labute approximate surface area is 97.6 Å². The Balaban J connectivity index is 2.31. The molecule has 1 heterocycles. The van der Waals surface area contributed by atoms with Crippen molar-refractivity contribution in [3.8, 4) is 0 Å². The smallest absolute Gasteiger partial charge is 0.252 e. The average Bonchev–Trinajstić information content (AvgIpc) is 2.35. The highest BCUT2D eigenvalue weighted by Crippen LogP contribution is 2.14. The van der Waals surface area contributed by atoms with Gasteiger partial charge in [-0.15, -0.1) is 0 Å². The zero-order valence-corrected chi connectivity index (χ0v) is 9.11. The van der Waals surface area contributed by atoms with E-state index >= 15 is 0 Å². The van der Waals surface area contributed by atoms with Crippen molar-refractivity contribution >= 4 is 16.8 Å². The van der Waals surface area contributed by atoms with Gasteiger partial charge in [0.15, 0.2) is 0 Å². The minimum atomic E-state index is -0.342. The molecule has 2 rings (SSSR count). The number of nitrogens with one attached hydrogen (secondary N) is 1. The van der Waals surface area contributed by atoms with E-state index in [1.165, 1.54) is 18.3 Å². The quantitative estimate of drug-likeness (QED) is 0.833. The molecule has 0 aliphatic carbocycles. The van der Waals surface area contributed by atoms with E-state index in [4.69, 9.17) is 5.73 Å². The summed E-state index contributed by atoms with van der Waals surface area (Å²) in [4.78, 5) is 15.7. The second-order valence-corrected chi connectivity index (χ2v) is 3.61. The van der Waals surface area contributed by atoms with Gasteiger partial charge < -0.3 is 11.1 Å². The second-order valence-electron chi connectivity index (χ2n) is 3.61. The largest absolute Gasteiger partial charge is 0.351 e. The number of fused-ring (bicyclic) bond motifs is 1. The van der Waals surface area contributed by atoms with Gasteiger partial charge in [0.2, 0.25) is 0 Å². The fourth-order valence-electron chi connectivity index (χ4n) is 1.51. The van der Waals surface area contributed by atoms with Gasteiger partial charge in [-0.3, -0.25) is 9.78 Å². The van der Waals surface area contributed by atoms with Gasteiger partial charge in [-0.05, 0) is 18.2 Å². The molecule has 17 heavy (non-hydrogen) atoms. The molecule has 88 valence electrons. The van der Waals surface area contributed by atoms with E-state index in [1.54, 1.807) is 12.1 Å². The number of pyridine rings is 1. The summed E-state index contributed by atoms with van der Waals surface area (Å²) in [5, 5.41) is 3.38. The van der Waals surface area contributed by atoms with Crippen LogP contribution >= 0.6 is 0 Å². The normalized spacial score (nSPS) is 10.5. The van der Waals surface area contributed by atoms with Crippen LogP contribution in [0.25, 0.3) is 10.9 Å². The summed E-state index contributed by atoms with van der Waals surface area (Å²) in [5.41, 5.74) is 6.26. The van der Waals surface area contributed by atoms with Crippen molar-refractivity contribution in [2.24, 2.45) is 5.73 Å². The number of nitrogens with zero attached hydrogens (tertiary/aromatic N) is 1. The van der Waals surface area contributed by atoms with Crippen LogP contribution in [-0.2, 0) is 0 Å². The van der Waals surface area contributed by atoms with E-state index in [1.807, 2.05) is 0 Å². The maximum Gasteiger partial charge on any atom is 0.252 e. The summed E-state index contributed by atoms with van der Waals surface area (Å²) in [7, 11) is 0. The summed E-state index contributed by atoms with van der Waals surface area (Å²) >= 11 is 0. The number of carbonyl (C=O) groups is 1. The van der Waals surface area contributed by atoms with Crippen molar-refractivity contribution in [2.45, 2.75) is 0 Å². The molecule has 1 aromatic heterocycles. The van der Waals surface area contributed by atoms with Gasteiger partial charge in [0.05, 0.1) is 11.1 Å². The highest BCUT2D eigenvalue weighted by atomic mass is 19.1. The van der Waals surface area contributed by atoms with Gasteiger partial charge in [-0.2, -0.15) is 0 Å². The van der Waals surface area contributed by atoms with Crippen LogP contribution in [0, 0.1) is 5.82 Å². The lowest BCUT2D eigenvalue weighted by atomic mass is 10.1. The number of hydrogen-bond acceptors (Lipinski definition) is 3. The summed E-state index contributed by atoms with van der Waals surface area (Å²) in [6, 6.07) is 5.94. The molecule has 0 aliphatic heterocycles. The first-order valence-corrected chi connectivity index (χ1v) is 5.24. The lowest BCUT2D eigenvalue weighted by Crippen LogP contribution is -2.29. The Morgan fingerprint density at radius 3 is 3.00 bits per heavy atom. The molecule has 0 fully saturated rings. The summed E-state index contributed by atoms with van der Waals surface area (Å²) in [6.45, 7) is 0.804. The van der Waals surface area contributed by atoms with Crippen LogP contribution < -0.4 is 11.1 Å². The summed E-state index contributed by atoms with van der Waals surface area (Å²) < 4.78 is 12.9. The molecular weight excluding hydrogens is 221 g/mol. The number of benzene rings is 1. The molecule has 0 atom stereocenters. The van der Waals surface area contributed by atoms with Gasteiger partial charge in [-0.25, -0.2) is 4.39 Å². The third kappa shape index (κ3) is 2.57. The highest BCUT2D eigenvalue weighted by molar-refractivity contribution is 5.97. The maximum atomic E-state index is 12.9. The first-order valence-electron chi connectivity index (χ1n) is 5.24. The predicted octanol–water partition coefficient (Wildman–Crippen LogP) is 1.06. The number of rotatable bonds is 3. The monoisotopic (exact) mass is 233 g/mol. The number of hydrogen-bond donors (Lipinski definition) is 2. The van der Waals surface area contributed by atoms with Gasteiger partial charge in [0, 0.05) is 30.7 Å². The molecule has 1 aromatic carbocycles. The Bertz CT molecular complexity index is 556. The van der Waals surface area contributed by atoms with Crippen LogP contribution in [0.3, 0.4) is 0 Å². The Hall–Kier alpha value is -2.01. The molecular formula is C12H12FN3O. The molecule has 5 heteroatoms. The maximum absolute atomic E-state index is 12.9. The molecule has 1 amide bonds. The van der Waals surface area contributed by atoms with Crippen molar-refractivity contribution in [1.29, 1.82) is 0 Å². The SMILES string of the molecule is NCCNC(=O)c1cnc2cc(F)ccc2c1. The highest BCUT2D eigenvalue weighted by Gasteiger charge is 2.06. The molecule has 3 N–H and O–H groups in total. The number of carbonyl (C=O) groups excluding carboxylic acids is 1. The Kier molecular flexibility index (Phi) is 3.30. The van der Waals surface area contributed by atoms with Crippen LogP contribution in [0.1, 0.15) is 10.4 Å². The molecule has 4 nitrogen and oxygen atoms in total. The molecule has 0 aliphatic rings. The molecule has 0 bridgehead atoms. The van der Waals surface area contributed by atoms with Gasteiger partial charge in [-0.1, -0.05) is 0 Å². The topological polar surface area (TPSA) is 68.0 Å². The minimum absolute atomic E-state index is 0.228. The van der Waals surface area contributed by atoms with Crippen LogP contribution in [0.15, 0.2) is 30.5 Å². The fourth-order valence-corrected chi connectivity index (χ4v) is 1.51. The van der Waals surface area contributed by atoms with Crippen molar-refractivity contribution in [2.75, 3.05) is 13.1 Å². The number of amides is 1. The van der Waals surface area contributed by atoms with Gasteiger partial charge >= 0.3 is 0 Å². The van der Waals surface area contributed by atoms with Crippen molar-refractivity contribution in [3.05, 3.63) is 41.8 Å². The number of aromatic nitrogens is 1. The lowest BCUT2D eigenvalue weighted by Gasteiger charge is -2.04. The first-order chi connectivity index (χ1) is 8.20. The van der Waals surface area contributed by atoms with Crippen LogP contribution in [-0.4, -0.2) is 24.0 Å². The molecule has 0 spiro atoms. The van der Waals surface area contributed by atoms with Crippen molar-refractivity contribution < 1.29 is 9.18 Å². The molecule has 0 unspecified atom stereocenters. The van der Waals surface area contributed by atoms with Gasteiger partial charge in [0.1, 0.15) is 5.82 Å². The Morgan fingerprint density at radius 2 is 2.24 bits per heavy atom. The predicted molar refractivity (Wildman–Crippen MR) is 63.1 cm³/mol. The molecule has 0 radical (unpaired) electrons. The summed E-state index contributed by atoms with van der Waals surface area (Å²) in [6.07, 6.45) is 1.42. The van der Waals surface area contributed by atoms with Crippen LogP contribution in [0.5, 0.6) is 0 Å². The van der Waals surface area contributed by atoms with Crippen molar-refractivity contribution in [1.82, 2.24) is 10.3 Å². The van der Waals surface area contributed by atoms with Crippen LogP contribution in [0.2, 0.25) is 0 Å². The summed E-state index contributed by atoms with van der Waals surface area (Å²) in [5.74, 6) is -0.570. The number of halogens is 1. The van der Waals surface area contributed by atoms with Crippen LogP contribution in [0.4, 0.5) is 4.39 Å². The first kappa shape index (κ1) is 11.5. The standard InChI is InChI=1S/C12H12FN3O/c13-10-2-1-8-5-9(7-16-11(8)6-10)12(17)15-4-3-14/h1-2,5-7H,3-4,14H2,(H,15,17). The van der Waals surface area contributed by atoms with Crippen molar-refractivity contribution in [3.63, 3.8) is 0 Å². The van der Waals surface area contributed by atoms with E-state index in [2.05, 4.69) is 10.3 Å². The van der Waals surface area contributed by atoms with E-state index < -0.39 is 0 Å². The molecule has 2 aromatic rings. The average molecular weight is 233 g/mol. The third-order valence-electron chi connectivity index (χ3n) is 2.34. The lowest BCUT2D eigenvalue weighted by molar-refractivity contribution is 0.0954. The number of nitrogens with two attached hydrogens (primary N) is 1. The van der Waals surface area contributed by atoms with E-state index in [0.29, 0.717) is 24.2 Å². The Morgan fingerprint density at radius 1 is 1.41 bits per heavy atom. The second kappa shape index (κ2) is 4.88. The zero-order valence-electron chi connectivity index (χ0n) is 9.11. The fraction of sp³-hybridized carbons (Fsp3) is 0.167. The molecule has 0 saturated carbocycles. The zero-order chi connectivity index (χ0) is 12.3.